The molecule has 0 amide bonds. The summed E-state index contributed by atoms with van der Waals surface area (Å²) in [5, 5.41) is 8.56. The molecular formula is C33H62O11. The van der Waals surface area contributed by atoms with Crippen LogP contribution in [-0.2, 0) is 47.5 Å². The van der Waals surface area contributed by atoms with E-state index in [4.69, 9.17) is 43.0 Å². The van der Waals surface area contributed by atoms with Gasteiger partial charge in [0.25, 0.3) is 0 Å². The number of carbonyl (C=O) groups is 2. The lowest BCUT2D eigenvalue weighted by atomic mass is 10.0. The molecule has 0 saturated heterocycles. The van der Waals surface area contributed by atoms with Crippen LogP contribution >= 0.6 is 0 Å². The van der Waals surface area contributed by atoms with Crippen molar-refractivity contribution in [3.8, 4) is 0 Å². The summed E-state index contributed by atoms with van der Waals surface area (Å²) in [7, 11) is 0. The number of hydrogen-bond acceptors (Lipinski definition) is 11. The largest absolute Gasteiger partial charge is 0.458 e. The van der Waals surface area contributed by atoms with Gasteiger partial charge in [-0.05, 0) is 99.3 Å². The number of rotatable bonds is 20. The molecule has 0 spiro atoms. The van der Waals surface area contributed by atoms with Crippen LogP contribution in [0.25, 0.3) is 0 Å². The molecule has 0 aromatic heterocycles. The van der Waals surface area contributed by atoms with Gasteiger partial charge in [-0.1, -0.05) is 6.92 Å². The Balaban J connectivity index is 0.000000440. The van der Waals surface area contributed by atoms with Crippen LogP contribution in [0.2, 0.25) is 0 Å². The lowest BCUT2D eigenvalue weighted by molar-refractivity contribution is -0.185. The second-order valence-electron chi connectivity index (χ2n) is 13.3. The maximum Gasteiger partial charge on any atom is 0.338 e. The average molecular weight is 635 g/mol. The molecule has 2 rings (SSSR count). The molecule has 0 radical (unpaired) electrons. The molecule has 2 fully saturated rings. The molecular weight excluding hydrogens is 572 g/mol. The summed E-state index contributed by atoms with van der Waals surface area (Å²) in [6.45, 7) is 18.1. The third-order valence-electron chi connectivity index (χ3n) is 6.90. The third kappa shape index (κ3) is 17.4. The summed E-state index contributed by atoms with van der Waals surface area (Å²) in [6.07, 6.45) is 7.88. The molecule has 44 heavy (non-hydrogen) atoms. The number of esters is 2. The van der Waals surface area contributed by atoms with Crippen molar-refractivity contribution in [2.24, 2.45) is 0 Å². The molecule has 0 heterocycles. The zero-order valence-corrected chi connectivity index (χ0v) is 28.7. The Labute approximate surface area is 265 Å². The summed E-state index contributed by atoms with van der Waals surface area (Å²) in [5.74, 6) is -0.493. The Kier molecular flexibility index (Phi) is 19.8. The minimum atomic E-state index is -0.802. The van der Waals surface area contributed by atoms with Crippen LogP contribution in [0, 0.1) is 0 Å². The van der Waals surface area contributed by atoms with Crippen molar-refractivity contribution in [3.05, 3.63) is 0 Å². The molecule has 260 valence electrons. The highest BCUT2D eigenvalue weighted by atomic mass is 16.6. The molecule has 11 heteroatoms. The lowest BCUT2D eigenvalue weighted by Crippen LogP contribution is -2.44. The van der Waals surface area contributed by atoms with Crippen molar-refractivity contribution in [1.29, 1.82) is 0 Å². The Morgan fingerprint density at radius 2 is 0.864 bits per heavy atom. The molecule has 0 bridgehead atoms. The second kappa shape index (κ2) is 21.5. The number of aliphatic hydroxyl groups excluding tert-OH is 1. The first kappa shape index (κ1) is 40.7. The van der Waals surface area contributed by atoms with E-state index in [-0.39, 0.29) is 18.5 Å². The fourth-order valence-electron chi connectivity index (χ4n) is 4.89. The van der Waals surface area contributed by atoms with Crippen LogP contribution < -0.4 is 0 Å². The summed E-state index contributed by atoms with van der Waals surface area (Å²) < 4.78 is 44.0. The van der Waals surface area contributed by atoms with Crippen LogP contribution in [0.5, 0.6) is 0 Å². The number of ether oxygens (including phenoxy) is 8. The topological polar surface area (TPSA) is 128 Å². The summed E-state index contributed by atoms with van der Waals surface area (Å²) in [5.41, 5.74) is -2.56. The minimum absolute atomic E-state index is 0.0154. The van der Waals surface area contributed by atoms with E-state index in [9.17, 15) is 9.59 Å². The number of aliphatic hydroxyl groups is 1. The van der Waals surface area contributed by atoms with Crippen LogP contribution in [0.1, 0.15) is 106 Å². The molecule has 0 aromatic rings. The van der Waals surface area contributed by atoms with Crippen molar-refractivity contribution in [2.45, 2.75) is 129 Å². The second-order valence-corrected chi connectivity index (χ2v) is 13.3. The van der Waals surface area contributed by atoms with Crippen molar-refractivity contribution >= 4 is 11.9 Å². The predicted octanol–water partition coefficient (Wildman–Crippen LogP) is 4.78. The molecule has 0 atom stereocenters. The van der Waals surface area contributed by atoms with Crippen molar-refractivity contribution in [2.75, 3.05) is 72.7 Å². The highest BCUT2D eigenvalue weighted by Crippen LogP contribution is 2.36. The summed E-state index contributed by atoms with van der Waals surface area (Å²) in [4.78, 5) is 24.8. The van der Waals surface area contributed by atoms with E-state index in [1.807, 2.05) is 41.5 Å². The van der Waals surface area contributed by atoms with E-state index in [1.165, 1.54) is 0 Å². The van der Waals surface area contributed by atoms with E-state index in [1.54, 1.807) is 0 Å². The summed E-state index contributed by atoms with van der Waals surface area (Å²) >= 11 is 0. The van der Waals surface area contributed by atoms with Gasteiger partial charge in [0, 0.05) is 6.61 Å². The van der Waals surface area contributed by atoms with E-state index < -0.39 is 22.4 Å². The van der Waals surface area contributed by atoms with Gasteiger partial charge in [-0.2, -0.15) is 0 Å². The van der Waals surface area contributed by atoms with Gasteiger partial charge in [0.1, 0.15) is 11.2 Å². The molecule has 0 aromatic carbocycles. The van der Waals surface area contributed by atoms with Gasteiger partial charge >= 0.3 is 11.9 Å². The smallest absolute Gasteiger partial charge is 0.338 e. The zero-order chi connectivity index (χ0) is 33.0. The highest BCUT2D eigenvalue weighted by molar-refractivity contribution is 5.80. The molecule has 11 nitrogen and oxygen atoms in total. The van der Waals surface area contributed by atoms with Gasteiger partial charge in [-0.25, -0.2) is 9.59 Å². The predicted molar refractivity (Wildman–Crippen MR) is 167 cm³/mol. The van der Waals surface area contributed by atoms with Crippen molar-refractivity contribution in [3.63, 3.8) is 0 Å². The van der Waals surface area contributed by atoms with E-state index >= 15 is 0 Å². The number of carbonyl (C=O) groups excluding carboxylic acids is 2. The quantitative estimate of drug-likeness (QED) is 0.147. The summed E-state index contributed by atoms with van der Waals surface area (Å²) in [6, 6.07) is 0. The molecule has 1 N–H and O–H groups in total. The lowest BCUT2D eigenvalue weighted by Gasteiger charge is -2.31. The standard InChI is InChI=1S/C17H32O5.C16H30O6/c1-5-10-19-11-12-20-13-14-21-17(8-6-7-9-17)15(18)22-16(2,3)4;1-15(2,3)22-14(18)16(6-4-5-7-16)21-13-12-20-11-10-19-9-8-17/h5-14H2,1-4H3;17H,4-13H2,1-3H3. The Morgan fingerprint density at radius 3 is 1.18 bits per heavy atom. The van der Waals surface area contributed by atoms with Gasteiger partial charge in [0.2, 0.25) is 0 Å². The Hall–Kier alpha value is -1.34. The normalized spacial score (nSPS) is 17.6. The van der Waals surface area contributed by atoms with Crippen LogP contribution in [0.4, 0.5) is 0 Å². The van der Waals surface area contributed by atoms with Crippen molar-refractivity contribution in [1.82, 2.24) is 0 Å². The van der Waals surface area contributed by atoms with Crippen molar-refractivity contribution < 1.29 is 52.6 Å². The molecule has 2 aliphatic rings. The van der Waals surface area contributed by atoms with E-state index in [2.05, 4.69) is 6.92 Å². The maximum absolute atomic E-state index is 12.4. The molecule has 2 saturated carbocycles. The maximum atomic E-state index is 12.4. The van der Waals surface area contributed by atoms with Crippen LogP contribution in [0.3, 0.4) is 0 Å². The third-order valence-corrected chi connectivity index (χ3v) is 6.90. The van der Waals surface area contributed by atoms with Gasteiger partial charge in [-0.15, -0.1) is 0 Å². The van der Waals surface area contributed by atoms with Crippen LogP contribution in [0.15, 0.2) is 0 Å². The SMILES string of the molecule is CC(C)(C)OC(=O)C1(OCCOCCOCCO)CCCC1.CCCOCCOCCOC1(C(=O)OC(C)(C)C)CCCC1. The van der Waals surface area contributed by atoms with Gasteiger partial charge < -0.3 is 43.0 Å². The zero-order valence-electron chi connectivity index (χ0n) is 28.7. The highest BCUT2D eigenvalue weighted by Gasteiger charge is 2.46. The van der Waals surface area contributed by atoms with Gasteiger partial charge in [0.15, 0.2) is 11.2 Å². The first-order chi connectivity index (χ1) is 20.8. The van der Waals surface area contributed by atoms with E-state index in [0.717, 1.165) is 51.6 Å². The Morgan fingerprint density at radius 1 is 0.545 bits per heavy atom. The first-order valence-corrected chi connectivity index (χ1v) is 16.5. The first-order valence-electron chi connectivity index (χ1n) is 16.5. The number of hydrogen-bond donors (Lipinski definition) is 1. The average Bonchev–Trinajstić information content (AvgIpc) is 3.62. The minimum Gasteiger partial charge on any atom is -0.458 e. The fraction of sp³-hybridized carbons (Fsp3) is 0.939. The molecule has 2 aliphatic carbocycles. The molecule has 0 unspecified atom stereocenters. The fourth-order valence-corrected chi connectivity index (χ4v) is 4.89. The van der Waals surface area contributed by atoms with E-state index in [0.29, 0.717) is 72.3 Å². The monoisotopic (exact) mass is 634 g/mol. The molecule has 0 aliphatic heterocycles. The Bertz CT molecular complexity index is 697. The van der Waals surface area contributed by atoms with Gasteiger partial charge in [0.05, 0.1) is 66.1 Å². The van der Waals surface area contributed by atoms with Crippen LogP contribution in [-0.4, -0.2) is 112 Å². The van der Waals surface area contributed by atoms with Gasteiger partial charge in [-0.3, -0.25) is 0 Å².